The molecule has 4 aromatic rings. The van der Waals surface area contributed by atoms with E-state index >= 15 is 0 Å². The van der Waals surface area contributed by atoms with E-state index in [-0.39, 0.29) is 0 Å². The van der Waals surface area contributed by atoms with E-state index in [4.69, 9.17) is 27.9 Å². The van der Waals surface area contributed by atoms with Gasteiger partial charge >= 0.3 is 0 Å². The molecule has 0 saturated carbocycles. The molecule has 0 aliphatic heterocycles. The zero-order valence-electron chi connectivity index (χ0n) is 15.8. The van der Waals surface area contributed by atoms with Gasteiger partial charge in [0.2, 0.25) is 5.95 Å². The van der Waals surface area contributed by atoms with Crippen LogP contribution in [0.25, 0.3) is 0 Å². The number of benzene rings is 3. The fourth-order valence-electron chi connectivity index (χ4n) is 2.73. The van der Waals surface area contributed by atoms with Gasteiger partial charge < -0.3 is 15.4 Å². The van der Waals surface area contributed by atoms with Gasteiger partial charge in [0.05, 0.1) is 28.1 Å². The Morgan fingerprint density at radius 1 is 0.700 bits per heavy atom. The first kappa shape index (κ1) is 20.0. The standard InChI is InChI=1S/C23H18Cl2N4O/c24-21-10-9-18(12-22(21)25)28-19-13-26-23(27-14-19)29-17-7-4-8-20(11-17)30-15-16-5-2-1-3-6-16/h1-14,28H,15H2,(H,26,27,29). The van der Waals surface area contributed by atoms with Crippen molar-refractivity contribution >= 4 is 46.2 Å². The van der Waals surface area contributed by atoms with Gasteiger partial charge in [-0.25, -0.2) is 9.97 Å². The fraction of sp³-hybridized carbons (Fsp3) is 0.0435. The molecular weight excluding hydrogens is 419 g/mol. The molecule has 0 saturated heterocycles. The molecule has 30 heavy (non-hydrogen) atoms. The second kappa shape index (κ2) is 9.48. The molecule has 1 aromatic heterocycles. The van der Waals surface area contributed by atoms with Crippen molar-refractivity contribution < 1.29 is 4.74 Å². The Hall–Kier alpha value is -3.28. The van der Waals surface area contributed by atoms with Crippen LogP contribution in [-0.2, 0) is 6.61 Å². The molecule has 0 atom stereocenters. The van der Waals surface area contributed by atoms with Crippen LogP contribution in [0, 0.1) is 0 Å². The van der Waals surface area contributed by atoms with Crippen molar-refractivity contribution in [3.05, 3.63) is 101 Å². The Morgan fingerprint density at radius 3 is 2.23 bits per heavy atom. The second-order valence-electron chi connectivity index (χ2n) is 6.48. The van der Waals surface area contributed by atoms with Crippen molar-refractivity contribution in [1.82, 2.24) is 9.97 Å². The summed E-state index contributed by atoms with van der Waals surface area (Å²) in [5.74, 6) is 1.25. The van der Waals surface area contributed by atoms with Crippen molar-refractivity contribution in [3.8, 4) is 5.75 Å². The highest BCUT2D eigenvalue weighted by molar-refractivity contribution is 6.42. The zero-order chi connectivity index (χ0) is 20.8. The Labute approximate surface area is 184 Å². The molecule has 0 spiro atoms. The van der Waals surface area contributed by atoms with E-state index in [9.17, 15) is 0 Å². The monoisotopic (exact) mass is 436 g/mol. The van der Waals surface area contributed by atoms with Crippen molar-refractivity contribution in [2.75, 3.05) is 10.6 Å². The van der Waals surface area contributed by atoms with Crippen LogP contribution >= 0.6 is 23.2 Å². The minimum absolute atomic E-state index is 0.481. The first-order valence-corrected chi connectivity index (χ1v) is 9.99. The lowest BCUT2D eigenvalue weighted by molar-refractivity contribution is 0.306. The molecule has 7 heteroatoms. The molecule has 0 aliphatic carbocycles. The van der Waals surface area contributed by atoms with Crippen LogP contribution in [0.5, 0.6) is 5.75 Å². The third kappa shape index (κ3) is 5.41. The summed E-state index contributed by atoms with van der Waals surface area (Å²) in [6, 6.07) is 23.0. The molecule has 0 unspecified atom stereocenters. The first-order valence-electron chi connectivity index (χ1n) is 9.24. The second-order valence-corrected chi connectivity index (χ2v) is 7.29. The van der Waals surface area contributed by atoms with Gasteiger partial charge in [-0.1, -0.05) is 59.6 Å². The zero-order valence-corrected chi connectivity index (χ0v) is 17.4. The molecule has 0 amide bonds. The molecule has 1 heterocycles. The Balaban J connectivity index is 1.37. The average Bonchev–Trinajstić information content (AvgIpc) is 2.77. The predicted octanol–water partition coefficient (Wildman–Crippen LogP) is 6.85. The largest absolute Gasteiger partial charge is 0.489 e. The minimum Gasteiger partial charge on any atom is -0.489 e. The number of ether oxygens (including phenoxy) is 1. The molecule has 0 radical (unpaired) electrons. The maximum Gasteiger partial charge on any atom is 0.227 e. The molecule has 4 rings (SSSR count). The quantitative estimate of drug-likeness (QED) is 0.331. The van der Waals surface area contributed by atoms with E-state index < -0.39 is 0 Å². The van der Waals surface area contributed by atoms with Crippen LogP contribution in [-0.4, -0.2) is 9.97 Å². The van der Waals surface area contributed by atoms with Gasteiger partial charge in [0, 0.05) is 17.4 Å². The Morgan fingerprint density at radius 2 is 1.47 bits per heavy atom. The highest BCUT2D eigenvalue weighted by atomic mass is 35.5. The van der Waals surface area contributed by atoms with E-state index in [0.29, 0.717) is 22.6 Å². The van der Waals surface area contributed by atoms with E-state index in [2.05, 4.69) is 20.6 Å². The molecule has 0 aliphatic rings. The Bertz CT molecular complexity index is 1120. The average molecular weight is 437 g/mol. The lowest BCUT2D eigenvalue weighted by Gasteiger charge is -2.10. The number of aromatic nitrogens is 2. The van der Waals surface area contributed by atoms with Crippen molar-refractivity contribution in [2.24, 2.45) is 0 Å². The lowest BCUT2D eigenvalue weighted by atomic mass is 10.2. The van der Waals surface area contributed by atoms with E-state index in [0.717, 1.165) is 28.4 Å². The number of halogens is 2. The van der Waals surface area contributed by atoms with Gasteiger partial charge in [0.15, 0.2) is 0 Å². The van der Waals surface area contributed by atoms with E-state index in [1.807, 2.05) is 60.7 Å². The van der Waals surface area contributed by atoms with Gasteiger partial charge in [0.1, 0.15) is 12.4 Å². The number of nitrogens with one attached hydrogen (secondary N) is 2. The maximum atomic E-state index is 6.04. The Kier molecular flexibility index (Phi) is 6.32. The van der Waals surface area contributed by atoms with E-state index in [1.54, 1.807) is 24.5 Å². The van der Waals surface area contributed by atoms with Gasteiger partial charge in [-0.2, -0.15) is 0 Å². The van der Waals surface area contributed by atoms with Crippen LogP contribution in [0.15, 0.2) is 85.2 Å². The molecule has 0 bridgehead atoms. The van der Waals surface area contributed by atoms with Crippen molar-refractivity contribution in [2.45, 2.75) is 6.61 Å². The summed E-state index contributed by atoms with van der Waals surface area (Å²) in [5.41, 5.74) is 3.49. The van der Waals surface area contributed by atoms with Crippen molar-refractivity contribution in [1.29, 1.82) is 0 Å². The van der Waals surface area contributed by atoms with Crippen molar-refractivity contribution in [3.63, 3.8) is 0 Å². The summed E-state index contributed by atoms with van der Waals surface area (Å²) in [5, 5.41) is 7.36. The summed E-state index contributed by atoms with van der Waals surface area (Å²) in [6.07, 6.45) is 3.38. The highest BCUT2D eigenvalue weighted by Gasteiger charge is 2.03. The van der Waals surface area contributed by atoms with Crippen LogP contribution in [0.2, 0.25) is 10.0 Å². The van der Waals surface area contributed by atoms with E-state index in [1.165, 1.54) is 0 Å². The molecule has 5 nitrogen and oxygen atoms in total. The first-order chi connectivity index (χ1) is 14.7. The molecular formula is C23H18Cl2N4O. The smallest absolute Gasteiger partial charge is 0.227 e. The maximum absolute atomic E-state index is 6.04. The number of anilines is 4. The summed E-state index contributed by atoms with van der Waals surface area (Å²) in [6.45, 7) is 0.510. The molecule has 150 valence electrons. The lowest BCUT2D eigenvalue weighted by Crippen LogP contribution is -1.99. The normalized spacial score (nSPS) is 10.5. The van der Waals surface area contributed by atoms with Gasteiger partial charge in [-0.15, -0.1) is 0 Å². The highest BCUT2D eigenvalue weighted by Crippen LogP contribution is 2.27. The topological polar surface area (TPSA) is 59.1 Å². The number of hydrogen-bond donors (Lipinski definition) is 2. The third-order valence-electron chi connectivity index (χ3n) is 4.20. The summed E-state index contributed by atoms with van der Waals surface area (Å²) < 4.78 is 5.86. The van der Waals surface area contributed by atoms with Crippen LogP contribution in [0.4, 0.5) is 23.0 Å². The molecule has 2 N–H and O–H groups in total. The van der Waals surface area contributed by atoms with Crippen LogP contribution in [0.3, 0.4) is 0 Å². The number of hydrogen-bond acceptors (Lipinski definition) is 5. The van der Waals surface area contributed by atoms with Gasteiger partial charge in [0.25, 0.3) is 0 Å². The number of rotatable bonds is 7. The predicted molar refractivity (Wildman–Crippen MR) is 122 cm³/mol. The molecule has 3 aromatic carbocycles. The summed E-state index contributed by atoms with van der Waals surface area (Å²) >= 11 is 12.0. The SMILES string of the molecule is Clc1ccc(Nc2cnc(Nc3cccc(OCc4ccccc4)c3)nc2)cc1Cl. The minimum atomic E-state index is 0.481. The van der Waals surface area contributed by atoms with Crippen LogP contribution < -0.4 is 15.4 Å². The van der Waals surface area contributed by atoms with Crippen LogP contribution in [0.1, 0.15) is 5.56 Å². The van der Waals surface area contributed by atoms with Gasteiger partial charge in [-0.05, 0) is 35.9 Å². The number of nitrogens with zero attached hydrogens (tertiary/aromatic N) is 2. The summed E-state index contributed by atoms with van der Waals surface area (Å²) in [7, 11) is 0. The molecule has 0 fully saturated rings. The summed E-state index contributed by atoms with van der Waals surface area (Å²) in [4.78, 5) is 8.70. The fourth-order valence-corrected chi connectivity index (χ4v) is 3.03. The third-order valence-corrected chi connectivity index (χ3v) is 4.94. The van der Waals surface area contributed by atoms with Gasteiger partial charge in [-0.3, -0.25) is 0 Å².